The summed E-state index contributed by atoms with van der Waals surface area (Å²) >= 11 is 0. The van der Waals surface area contributed by atoms with Crippen molar-refractivity contribution < 1.29 is 24.5 Å². The molecule has 4 aliphatic carbocycles. The van der Waals surface area contributed by atoms with E-state index < -0.39 is 17.5 Å². The molecule has 0 aromatic carbocycles. The first-order chi connectivity index (χ1) is 13.0. The van der Waals surface area contributed by atoms with Gasteiger partial charge in [-0.3, -0.25) is 9.59 Å². The largest absolute Gasteiger partial charge is 0.481 e. The number of carbonyl (C=O) groups excluding carboxylic acids is 1. The molecule has 0 saturated heterocycles. The van der Waals surface area contributed by atoms with E-state index in [1.165, 1.54) is 6.92 Å². The van der Waals surface area contributed by atoms with Crippen LogP contribution in [0.1, 0.15) is 79.1 Å². The van der Waals surface area contributed by atoms with Crippen molar-refractivity contribution in [3.05, 3.63) is 0 Å². The molecule has 0 heterocycles. The standard InChI is InChI=1S/C23H36O5/c1-14(24)28-12-15-18(25)20(2)10-6-17-21(3)8-5-9-22(4,19(26)27)16(21)7-11-23(15,17)13-20/h15-18,25H,5-13H2,1-4H3,(H,26,27)/t15-,16+,17+,18-,20+,21-,22-,23-/m1/s1. The second kappa shape index (κ2) is 6.20. The Morgan fingerprint density at radius 2 is 1.71 bits per heavy atom. The summed E-state index contributed by atoms with van der Waals surface area (Å²) < 4.78 is 5.45. The lowest BCUT2D eigenvalue weighted by molar-refractivity contribution is -0.191. The molecule has 28 heavy (non-hydrogen) atoms. The van der Waals surface area contributed by atoms with Gasteiger partial charge in [-0.2, -0.15) is 0 Å². The van der Waals surface area contributed by atoms with Gasteiger partial charge in [0.25, 0.3) is 0 Å². The highest BCUT2D eigenvalue weighted by atomic mass is 16.5. The van der Waals surface area contributed by atoms with Crippen LogP contribution in [0.3, 0.4) is 0 Å². The molecule has 0 aliphatic heterocycles. The number of ether oxygens (including phenoxy) is 1. The maximum Gasteiger partial charge on any atom is 0.309 e. The summed E-state index contributed by atoms with van der Waals surface area (Å²) in [6.07, 6.45) is 7.18. The minimum atomic E-state index is -0.655. The molecule has 0 aromatic heterocycles. The SMILES string of the molecule is CC(=O)OC[C@@H]1[C@@H](O)[C@@]2(C)CC[C@H]3[C@]4(C)CCC[C@@](C)(C(=O)O)[C@H]4CC[C@@]13C2. The van der Waals surface area contributed by atoms with Crippen molar-refractivity contribution in [3.8, 4) is 0 Å². The number of hydrogen-bond donors (Lipinski definition) is 2. The summed E-state index contributed by atoms with van der Waals surface area (Å²) in [5.41, 5.74) is -0.833. The van der Waals surface area contributed by atoms with Gasteiger partial charge < -0.3 is 14.9 Å². The number of rotatable bonds is 3. The summed E-state index contributed by atoms with van der Waals surface area (Å²) in [6, 6.07) is 0. The summed E-state index contributed by atoms with van der Waals surface area (Å²) in [7, 11) is 0. The Kier molecular flexibility index (Phi) is 4.47. The second-order valence-corrected chi connectivity index (χ2v) is 11.2. The van der Waals surface area contributed by atoms with Gasteiger partial charge in [-0.15, -0.1) is 0 Å². The molecule has 4 saturated carbocycles. The Labute approximate surface area is 168 Å². The predicted octanol–water partition coefficient (Wildman–Crippen LogP) is 4.02. The molecule has 0 radical (unpaired) electrons. The first-order valence-electron chi connectivity index (χ1n) is 11.0. The lowest BCUT2D eigenvalue weighted by Gasteiger charge is -2.64. The highest BCUT2D eigenvalue weighted by Gasteiger charge is 2.71. The van der Waals surface area contributed by atoms with Gasteiger partial charge in [-0.25, -0.2) is 0 Å². The van der Waals surface area contributed by atoms with Crippen LogP contribution in [0.5, 0.6) is 0 Å². The molecular weight excluding hydrogens is 356 g/mol. The lowest BCUT2D eigenvalue weighted by atomic mass is 9.39. The fourth-order valence-electron chi connectivity index (χ4n) is 8.71. The third kappa shape index (κ3) is 2.47. The minimum Gasteiger partial charge on any atom is -0.481 e. The molecular formula is C23H36O5. The number of aliphatic carboxylic acids is 1. The average molecular weight is 393 g/mol. The van der Waals surface area contributed by atoms with Crippen molar-refractivity contribution in [2.24, 2.45) is 39.4 Å². The Hall–Kier alpha value is -1.10. The normalized spacial score (nSPS) is 52.5. The molecule has 0 unspecified atom stereocenters. The van der Waals surface area contributed by atoms with Gasteiger partial charge in [0.15, 0.2) is 0 Å². The van der Waals surface area contributed by atoms with Crippen LogP contribution < -0.4 is 0 Å². The molecule has 5 heteroatoms. The van der Waals surface area contributed by atoms with E-state index in [0.717, 1.165) is 51.4 Å². The molecule has 5 nitrogen and oxygen atoms in total. The van der Waals surface area contributed by atoms with Gasteiger partial charge in [-0.05, 0) is 80.0 Å². The predicted molar refractivity (Wildman–Crippen MR) is 104 cm³/mol. The van der Waals surface area contributed by atoms with Crippen LogP contribution in [-0.2, 0) is 14.3 Å². The van der Waals surface area contributed by atoms with Gasteiger partial charge in [0, 0.05) is 12.8 Å². The van der Waals surface area contributed by atoms with E-state index in [4.69, 9.17) is 4.74 Å². The van der Waals surface area contributed by atoms with E-state index in [-0.39, 0.29) is 34.1 Å². The van der Waals surface area contributed by atoms with Crippen LogP contribution in [-0.4, -0.2) is 34.9 Å². The molecule has 4 aliphatic rings. The van der Waals surface area contributed by atoms with Crippen molar-refractivity contribution in [1.29, 1.82) is 0 Å². The van der Waals surface area contributed by atoms with Crippen LogP contribution in [0.25, 0.3) is 0 Å². The first kappa shape index (κ1) is 20.2. The molecule has 1 spiro atoms. The summed E-state index contributed by atoms with van der Waals surface area (Å²) in [5, 5.41) is 21.3. The maximum absolute atomic E-state index is 12.2. The van der Waals surface area contributed by atoms with E-state index in [1.54, 1.807) is 0 Å². The topological polar surface area (TPSA) is 83.8 Å². The molecule has 0 aromatic rings. The lowest BCUT2D eigenvalue weighted by Crippen LogP contribution is -2.60. The van der Waals surface area contributed by atoms with Crippen LogP contribution in [0.2, 0.25) is 0 Å². The highest BCUT2D eigenvalue weighted by molar-refractivity contribution is 5.75. The van der Waals surface area contributed by atoms with Crippen molar-refractivity contribution in [2.75, 3.05) is 6.61 Å². The van der Waals surface area contributed by atoms with Crippen LogP contribution in [0, 0.1) is 39.4 Å². The monoisotopic (exact) mass is 392 g/mol. The summed E-state index contributed by atoms with van der Waals surface area (Å²) in [6.45, 7) is 8.21. The molecule has 0 amide bonds. The molecule has 4 rings (SSSR count). The Morgan fingerprint density at radius 3 is 2.36 bits per heavy atom. The number of carboxylic acid groups (broad SMARTS) is 1. The fraction of sp³-hybridized carbons (Fsp3) is 0.913. The van der Waals surface area contributed by atoms with Gasteiger partial charge in [0.2, 0.25) is 0 Å². The van der Waals surface area contributed by atoms with Crippen molar-refractivity contribution in [3.63, 3.8) is 0 Å². The number of hydrogen-bond acceptors (Lipinski definition) is 4. The fourth-order valence-corrected chi connectivity index (χ4v) is 8.71. The van der Waals surface area contributed by atoms with Crippen LogP contribution in [0.4, 0.5) is 0 Å². The molecule has 2 bridgehead atoms. The third-order valence-corrected chi connectivity index (χ3v) is 9.89. The van der Waals surface area contributed by atoms with E-state index in [1.807, 2.05) is 6.92 Å². The summed E-state index contributed by atoms with van der Waals surface area (Å²) in [5.74, 6) is -0.405. The zero-order valence-electron chi connectivity index (χ0n) is 17.8. The molecule has 4 fully saturated rings. The molecule has 158 valence electrons. The Bertz CT molecular complexity index is 690. The van der Waals surface area contributed by atoms with E-state index in [9.17, 15) is 19.8 Å². The van der Waals surface area contributed by atoms with Crippen LogP contribution in [0.15, 0.2) is 0 Å². The zero-order valence-corrected chi connectivity index (χ0v) is 17.8. The van der Waals surface area contributed by atoms with Gasteiger partial charge in [-0.1, -0.05) is 20.3 Å². The third-order valence-electron chi connectivity index (χ3n) is 9.89. The Morgan fingerprint density at radius 1 is 1.04 bits per heavy atom. The number of esters is 1. The maximum atomic E-state index is 12.2. The van der Waals surface area contributed by atoms with E-state index >= 15 is 0 Å². The van der Waals surface area contributed by atoms with Crippen molar-refractivity contribution in [2.45, 2.75) is 85.2 Å². The van der Waals surface area contributed by atoms with Gasteiger partial charge in [0.05, 0.1) is 18.1 Å². The quantitative estimate of drug-likeness (QED) is 0.709. The highest BCUT2D eigenvalue weighted by Crippen LogP contribution is 2.75. The van der Waals surface area contributed by atoms with Gasteiger partial charge >= 0.3 is 11.9 Å². The zero-order chi connectivity index (χ0) is 20.5. The number of carbonyl (C=O) groups is 2. The van der Waals surface area contributed by atoms with E-state index in [2.05, 4.69) is 13.8 Å². The smallest absolute Gasteiger partial charge is 0.309 e. The Balaban J connectivity index is 1.74. The number of aliphatic hydroxyl groups excluding tert-OH is 1. The number of fused-ring (bicyclic) bond motifs is 3. The second-order valence-electron chi connectivity index (χ2n) is 11.2. The van der Waals surface area contributed by atoms with Crippen molar-refractivity contribution in [1.82, 2.24) is 0 Å². The number of carboxylic acids is 1. The molecule has 2 N–H and O–H groups in total. The average Bonchev–Trinajstić information content (AvgIpc) is 2.75. The minimum absolute atomic E-state index is 0.0243. The van der Waals surface area contributed by atoms with Gasteiger partial charge in [0.1, 0.15) is 0 Å². The first-order valence-corrected chi connectivity index (χ1v) is 11.0. The van der Waals surface area contributed by atoms with E-state index in [0.29, 0.717) is 12.5 Å². The number of aliphatic hydroxyl groups is 1. The summed E-state index contributed by atoms with van der Waals surface area (Å²) in [4.78, 5) is 23.8. The van der Waals surface area contributed by atoms with Crippen LogP contribution >= 0.6 is 0 Å². The van der Waals surface area contributed by atoms with Crippen molar-refractivity contribution >= 4 is 11.9 Å². The molecule has 8 atom stereocenters.